The lowest BCUT2D eigenvalue weighted by Crippen LogP contribution is -2.41. The number of carbonyl (C=O) groups excluding carboxylic acids is 1. The average Bonchev–Trinajstić information content (AvgIpc) is 3.00. The molecule has 1 unspecified atom stereocenters. The first-order chi connectivity index (χ1) is 10.3. The van der Waals surface area contributed by atoms with Crippen molar-refractivity contribution in [1.82, 2.24) is 10.6 Å². The van der Waals surface area contributed by atoms with Crippen LogP contribution in [0.2, 0.25) is 0 Å². The second-order valence-electron chi connectivity index (χ2n) is 5.20. The molecule has 122 valence electrons. The van der Waals surface area contributed by atoms with Gasteiger partial charge in [0.15, 0.2) is 11.5 Å². The quantitative estimate of drug-likeness (QED) is 0.798. The number of benzene rings is 1. The molecule has 0 spiro atoms. The molecule has 2 aliphatic heterocycles. The summed E-state index contributed by atoms with van der Waals surface area (Å²) in [7, 11) is 0. The molecule has 7 heteroatoms. The Bertz CT molecular complexity index is 506. The molecular weight excluding hydrogens is 308 g/mol. The third-order valence-electron chi connectivity index (χ3n) is 3.68. The van der Waals surface area contributed by atoms with Gasteiger partial charge in [0, 0.05) is 12.6 Å². The second kappa shape index (κ2) is 8.10. The molecule has 1 atom stereocenters. The SMILES string of the molecule is Cl.O=C(NCCOc1ccc2c(c1)OCO2)C1CCCNC1. The van der Waals surface area contributed by atoms with Crippen LogP contribution in [0, 0.1) is 5.92 Å². The van der Waals surface area contributed by atoms with Crippen LogP contribution in [0.25, 0.3) is 0 Å². The molecule has 2 heterocycles. The molecule has 2 N–H and O–H groups in total. The van der Waals surface area contributed by atoms with Crippen LogP contribution >= 0.6 is 12.4 Å². The number of hydrogen-bond acceptors (Lipinski definition) is 5. The zero-order chi connectivity index (χ0) is 14.5. The summed E-state index contributed by atoms with van der Waals surface area (Å²) in [4.78, 5) is 11.9. The summed E-state index contributed by atoms with van der Waals surface area (Å²) in [6, 6.07) is 5.46. The minimum Gasteiger partial charge on any atom is -0.492 e. The summed E-state index contributed by atoms with van der Waals surface area (Å²) in [5, 5.41) is 6.15. The molecule has 6 nitrogen and oxygen atoms in total. The molecular formula is C15H21ClN2O4. The van der Waals surface area contributed by atoms with Gasteiger partial charge in [0.1, 0.15) is 12.4 Å². The van der Waals surface area contributed by atoms with Gasteiger partial charge in [-0.3, -0.25) is 4.79 Å². The van der Waals surface area contributed by atoms with Crippen molar-refractivity contribution in [3.8, 4) is 17.2 Å². The number of rotatable bonds is 5. The summed E-state index contributed by atoms with van der Waals surface area (Å²) in [5.41, 5.74) is 0. The van der Waals surface area contributed by atoms with Gasteiger partial charge in [0.05, 0.1) is 12.5 Å². The van der Waals surface area contributed by atoms with E-state index in [1.807, 2.05) is 12.1 Å². The molecule has 22 heavy (non-hydrogen) atoms. The van der Waals surface area contributed by atoms with E-state index < -0.39 is 0 Å². The highest BCUT2D eigenvalue weighted by atomic mass is 35.5. The number of fused-ring (bicyclic) bond motifs is 1. The predicted octanol–water partition coefficient (Wildman–Crippen LogP) is 1.33. The monoisotopic (exact) mass is 328 g/mol. The Hall–Kier alpha value is -1.66. The van der Waals surface area contributed by atoms with Gasteiger partial charge in [-0.2, -0.15) is 0 Å². The van der Waals surface area contributed by atoms with Crippen molar-refractivity contribution in [2.45, 2.75) is 12.8 Å². The fraction of sp³-hybridized carbons (Fsp3) is 0.533. The lowest BCUT2D eigenvalue weighted by atomic mass is 9.99. The highest BCUT2D eigenvalue weighted by Gasteiger charge is 2.20. The van der Waals surface area contributed by atoms with E-state index in [0.717, 1.165) is 31.7 Å². The van der Waals surface area contributed by atoms with E-state index in [4.69, 9.17) is 14.2 Å². The number of carbonyl (C=O) groups is 1. The summed E-state index contributed by atoms with van der Waals surface area (Å²) < 4.78 is 16.1. The Kier molecular flexibility index (Phi) is 6.15. The highest BCUT2D eigenvalue weighted by Crippen LogP contribution is 2.34. The van der Waals surface area contributed by atoms with Gasteiger partial charge < -0.3 is 24.8 Å². The molecule has 0 bridgehead atoms. The van der Waals surface area contributed by atoms with E-state index in [2.05, 4.69) is 10.6 Å². The lowest BCUT2D eigenvalue weighted by molar-refractivity contribution is -0.125. The Balaban J connectivity index is 0.00000176. The smallest absolute Gasteiger partial charge is 0.231 e. The minimum atomic E-state index is 0. The van der Waals surface area contributed by atoms with Crippen LogP contribution in [0.3, 0.4) is 0 Å². The number of halogens is 1. The van der Waals surface area contributed by atoms with E-state index >= 15 is 0 Å². The van der Waals surface area contributed by atoms with Crippen molar-refractivity contribution in [3.05, 3.63) is 18.2 Å². The maximum Gasteiger partial charge on any atom is 0.231 e. The predicted molar refractivity (Wildman–Crippen MR) is 83.9 cm³/mol. The average molecular weight is 329 g/mol. The van der Waals surface area contributed by atoms with Crippen molar-refractivity contribution in [2.24, 2.45) is 5.92 Å². The standard InChI is InChI=1S/C15H20N2O4.ClH/c18-15(11-2-1-5-16-9-11)17-6-7-19-12-3-4-13-14(8-12)21-10-20-13;/h3-4,8,11,16H,1-2,5-7,9-10H2,(H,17,18);1H. The second-order valence-corrected chi connectivity index (χ2v) is 5.20. The zero-order valence-corrected chi connectivity index (χ0v) is 13.1. The van der Waals surface area contributed by atoms with Gasteiger partial charge in [-0.05, 0) is 31.5 Å². The molecule has 0 radical (unpaired) electrons. The molecule has 0 aromatic heterocycles. The first-order valence-electron chi connectivity index (χ1n) is 7.34. The van der Waals surface area contributed by atoms with Crippen molar-refractivity contribution >= 4 is 18.3 Å². The summed E-state index contributed by atoms with van der Waals surface area (Å²) >= 11 is 0. The number of amides is 1. The minimum absolute atomic E-state index is 0. The molecule has 2 aliphatic rings. The van der Waals surface area contributed by atoms with Crippen LogP contribution < -0.4 is 24.8 Å². The lowest BCUT2D eigenvalue weighted by Gasteiger charge is -2.21. The molecule has 1 fully saturated rings. The molecule has 0 aliphatic carbocycles. The van der Waals surface area contributed by atoms with Crippen LogP contribution in [0.4, 0.5) is 0 Å². The van der Waals surface area contributed by atoms with E-state index in [0.29, 0.717) is 24.7 Å². The largest absolute Gasteiger partial charge is 0.492 e. The van der Waals surface area contributed by atoms with Crippen LogP contribution in [0.5, 0.6) is 17.2 Å². The molecule has 1 amide bonds. The van der Waals surface area contributed by atoms with Crippen molar-refractivity contribution in [1.29, 1.82) is 0 Å². The van der Waals surface area contributed by atoms with Crippen LogP contribution in [-0.2, 0) is 4.79 Å². The van der Waals surface area contributed by atoms with Crippen LogP contribution in [0.15, 0.2) is 18.2 Å². The maximum atomic E-state index is 11.9. The van der Waals surface area contributed by atoms with E-state index in [-0.39, 0.29) is 31.0 Å². The summed E-state index contributed by atoms with van der Waals surface area (Å²) in [5.74, 6) is 2.35. The molecule has 1 aromatic rings. The number of ether oxygens (including phenoxy) is 3. The van der Waals surface area contributed by atoms with Gasteiger partial charge >= 0.3 is 0 Å². The summed E-state index contributed by atoms with van der Waals surface area (Å²) in [6.07, 6.45) is 2.02. The molecule has 3 rings (SSSR count). The summed E-state index contributed by atoms with van der Waals surface area (Å²) in [6.45, 7) is 2.98. The highest BCUT2D eigenvalue weighted by molar-refractivity contribution is 5.85. The van der Waals surface area contributed by atoms with Crippen molar-refractivity contribution in [3.63, 3.8) is 0 Å². The first-order valence-corrected chi connectivity index (χ1v) is 7.34. The zero-order valence-electron chi connectivity index (χ0n) is 12.3. The molecule has 1 aromatic carbocycles. The van der Waals surface area contributed by atoms with Gasteiger partial charge in [0.25, 0.3) is 0 Å². The fourth-order valence-electron chi connectivity index (χ4n) is 2.53. The fourth-order valence-corrected chi connectivity index (χ4v) is 2.53. The maximum absolute atomic E-state index is 11.9. The van der Waals surface area contributed by atoms with E-state index in [1.54, 1.807) is 6.07 Å². The Morgan fingerprint density at radius 2 is 2.23 bits per heavy atom. The van der Waals surface area contributed by atoms with Gasteiger partial charge in [-0.15, -0.1) is 12.4 Å². The van der Waals surface area contributed by atoms with Gasteiger partial charge in [-0.25, -0.2) is 0 Å². The van der Waals surface area contributed by atoms with Gasteiger partial charge in [-0.1, -0.05) is 0 Å². The Labute approximate surface area is 135 Å². The van der Waals surface area contributed by atoms with Crippen LogP contribution in [0.1, 0.15) is 12.8 Å². The third kappa shape index (κ3) is 4.18. The number of piperidine rings is 1. The molecule has 1 saturated heterocycles. The first kappa shape index (κ1) is 16.7. The van der Waals surface area contributed by atoms with Crippen molar-refractivity contribution in [2.75, 3.05) is 33.0 Å². The normalized spacial score (nSPS) is 19.2. The molecule has 0 saturated carbocycles. The van der Waals surface area contributed by atoms with Gasteiger partial charge in [0.2, 0.25) is 12.7 Å². The van der Waals surface area contributed by atoms with E-state index in [9.17, 15) is 4.79 Å². The van der Waals surface area contributed by atoms with Crippen LogP contribution in [-0.4, -0.2) is 38.9 Å². The van der Waals surface area contributed by atoms with E-state index in [1.165, 1.54) is 0 Å². The van der Waals surface area contributed by atoms with Crippen molar-refractivity contribution < 1.29 is 19.0 Å². The Morgan fingerprint density at radius 1 is 1.36 bits per heavy atom. The number of hydrogen-bond donors (Lipinski definition) is 2. The topological polar surface area (TPSA) is 68.8 Å². The third-order valence-corrected chi connectivity index (χ3v) is 3.68. The Morgan fingerprint density at radius 3 is 3.05 bits per heavy atom. The number of nitrogens with one attached hydrogen (secondary N) is 2.